The minimum absolute atomic E-state index is 0.265. The third-order valence-electron chi connectivity index (χ3n) is 4.11. The van der Waals surface area contributed by atoms with Crippen LogP contribution in [0.1, 0.15) is 5.56 Å². The van der Waals surface area contributed by atoms with Crippen LogP contribution in [-0.4, -0.2) is 39.0 Å². The Kier molecular flexibility index (Phi) is 4.68. The molecule has 7 nitrogen and oxygen atoms in total. The lowest BCUT2D eigenvalue weighted by atomic mass is 10.1. The van der Waals surface area contributed by atoms with E-state index in [4.69, 9.17) is 18.9 Å². The highest BCUT2D eigenvalue weighted by Crippen LogP contribution is 2.32. The molecule has 26 heavy (non-hydrogen) atoms. The Hall–Kier alpha value is -3.09. The van der Waals surface area contributed by atoms with Crippen molar-refractivity contribution < 1.29 is 23.7 Å². The molecule has 0 fully saturated rings. The first-order valence-electron chi connectivity index (χ1n) is 8.61. The molecule has 2 amide bonds. The maximum Gasteiger partial charge on any atom is 0.319 e. The highest BCUT2D eigenvalue weighted by molar-refractivity contribution is 5.89. The van der Waals surface area contributed by atoms with E-state index in [0.29, 0.717) is 56.6 Å². The molecule has 0 atom stereocenters. The SMILES string of the molecule is O=C(NCCc1ccc2c(c1)OCCO2)Nc1ccc2c(c1)OCCO2. The van der Waals surface area contributed by atoms with Crippen molar-refractivity contribution in [3.8, 4) is 23.0 Å². The molecule has 0 aliphatic carbocycles. The Labute approximate surface area is 151 Å². The van der Waals surface area contributed by atoms with Crippen LogP contribution >= 0.6 is 0 Å². The van der Waals surface area contributed by atoms with Crippen LogP contribution in [0.25, 0.3) is 0 Å². The molecular formula is C19H20N2O5. The third-order valence-corrected chi connectivity index (χ3v) is 4.11. The molecule has 2 heterocycles. The summed E-state index contributed by atoms with van der Waals surface area (Å²) in [6.45, 7) is 2.70. The van der Waals surface area contributed by atoms with Crippen LogP contribution in [0.3, 0.4) is 0 Å². The fourth-order valence-electron chi connectivity index (χ4n) is 2.86. The monoisotopic (exact) mass is 356 g/mol. The average molecular weight is 356 g/mol. The second-order valence-electron chi connectivity index (χ2n) is 5.97. The van der Waals surface area contributed by atoms with Gasteiger partial charge in [-0.25, -0.2) is 4.79 Å². The van der Waals surface area contributed by atoms with Gasteiger partial charge >= 0.3 is 6.03 Å². The molecule has 0 spiro atoms. The molecule has 136 valence electrons. The van der Waals surface area contributed by atoms with Crippen molar-refractivity contribution in [3.05, 3.63) is 42.0 Å². The van der Waals surface area contributed by atoms with Gasteiger partial charge < -0.3 is 29.6 Å². The number of fused-ring (bicyclic) bond motifs is 2. The maximum atomic E-state index is 12.1. The molecule has 0 saturated heterocycles. The number of ether oxygens (including phenoxy) is 4. The van der Waals surface area contributed by atoms with E-state index in [2.05, 4.69) is 10.6 Å². The summed E-state index contributed by atoms with van der Waals surface area (Å²) in [5.41, 5.74) is 1.74. The number of nitrogens with one attached hydrogen (secondary N) is 2. The van der Waals surface area contributed by atoms with Gasteiger partial charge in [0.05, 0.1) is 0 Å². The lowest BCUT2D eigenvalue weighted by molar-refractivity contribution is 0.171. The molecule has 2 aromatic rings. The number of rotatable bonds is 4. The van der Waals surface area contributed by atoms with Crippen molar-refractivity contribution in [1.29, 1.82) is 0 Å². The maximum absolute atomic E-state index is 12.1. The smallest absolute Gasteiger partial charge is 0.319 e. The van der Waals surface area contributed by atoms with Crippen molar-refractivity contribution in [2.24, 2.45) is 0 Å². The molecule has 2 aliphatic heterocycles. The average Bonchev–Trinajstić information content (AvgIpc) is 2.68. The number of benzene rings is 2. The van der Waals surface area contributed by atoms with E-state index in [1.807, 2.05) is 18.2 Å². The van der Waals surface area contributed by atoms with Crippen LogP contribution in [0.15, 0.2) is 36.4 Å². The van der Waals surface area contributed by atoms with Gasteiger partial charge in [0.1, 0.15) is 26.4 Å². The van der Waals surface area contributed by atoms with Gasteiger partial charge in [0.25, 0.3) is 0 Å². The van der Waals surface area contributed by atoms with E-state index in [0.717, 1.165) is 17.1 Å². The van der Waals surface area contributed by atoms with Gasteiger partial charge in [-0.05, 0) is 36.2 Å². The summed E-state index contributed by atoms with van der Waals surface area (Å²) < 4.78 is 22.0. The number of carbonyl (C=O) groups excluding carboxylic acids is 1. The Balaban J connectivity index is 1.28. The predicted molar refractivity (Wildman–Crippen MR) is 95.6 cm³/mol. The fourth-order valence-corrected chi connectivity index (χ4v) is 2.86. The van der Waals surface area contributed by atoms with Crippen molar-refractivity contribution in [2.45, 2.75) is 6.42 Å². The van der Waals surface area contributed by atoms with Crippen molar-refractivity contribution >= 4 is 11.7 Å². The normalized spacial score (nSPS) is 14.5. The molecule has 0 radical (unpaired) electrons. The van der Waals surface area contributed by atoms with Crippen LogP contribution in [0.5, 0.6) is 23.0 Å². The molecule has 2 aliphatic rings. The van der Waals surface area contributed by atoms with E-state index in [1.165, 1.54) is 0 Å². The Morgan fingerprint density at radius 1 is 0.808 bits per heavy atom. The van der Waals surface area contributed by atoms with Crippen LogP contribution in [0, 0.1) is 0 Å². The van der Waals surface area contributed by atoms with Gasteiger partial charge in [-0.15, -0.1) is 0 Å². The summed E-state index contributed by atoms with van der Waals surface area (Å²) in [6, 6.07) is 10.9. The Morgan fingerprint density at radius 2 is 1.42 bits per heavy atom. The molecule has 2 N–H and O–H groups in total. The zero-order valence-electron chi connectivity index (χ0n) is 14.2. The highest BCUT2D eigenvalue weighted by Gasteiger charge is 2.13. The second kappa shape index (κ2) is 7.43. The molecule has 7 heteroatoms. The lowest BCUT2D eigenvalue weighted by Gasteiger charge is -2.19. The summed E-state index contributed by atoms with van der Waals surface area (Å²) in [6.07, 6.45) is 0.700. The first kappa shape index (κ1) is 16.4. The summed E-state index contributed by atoms with van der Waals surface area (Å²) in [5.74, 6) is 2.87. The van der Waals surface area contributed by atoms with Gasteiger partial charge in [-0.1, -0.05) is 6.07 Å². The largest absolute Gasteiger partial charge is 0.486 e. The van der Waals surface area contributed by atoms with Gasteiger partial charge in [0.15, 0.2) is 23.0 Å². The van der Waals surface area contributed by atoms with Crippen molar-refractivity contribution in [3.63, 3.8) is 0 Å². The van der Waals surface area contributed by atoms with Crippen LogP contribution in [0.4, 0.5) is 10.5 Å². The summed E-state index contributed by atoms with van der Waals surface area (Å²) >= 11 is 0. The first-order chi connectivity index (χ1) is 12.8. The molecule has 0 unspecified atom stereocenters. The predicted octanol–water partition coefficient (Wildman–Crippen LogP) is 2.59. The summed E-state index contributed by atoms with van der Waals surface area (Å²) in [5, 5.41) is 5.64. The zero-order chi connectivity index (χ0) is 17.8. The quantitative estimate of drug-likeness (QED) is 0.880. The van der Waals surface area contributed by atoms with Crippen LogP contribution < -0.4 is 29.6 Å². The zero-order valence-corrected chi connectivity index (χ0v) is 14.2. The van der Waals surface area contributed by atoms with Gasteiger partial charge in [-0.3, -0.25) is 0 Å². The topological polar surface area (TPSA) is 78.1 Å². The number of anilines is 1. The highest BCUT2D eigenvalue weighted by atomic mass is 16.6. The van der Waals surface area contributed by atoms with Crippen molar-refractivity contribution in [2.75, 3.05) is 38.3 Å². The molecule has 0 aromatic heterocycles. The number of hydrogen-bond donors (Lipinski definition) is 2. The molecule has 4 rings (SSSR count). The Morgan fingerprint density at radius 3 is 2.15 bits per heavy atom. The molecule has 0 saturated carbocycles. The summed E-state index contributed by atoms with van der Waals surface area (Å²) in [7, 11) is 0. The van der Waals surface area contributed by atoms with Gasteiger partial charge in [0.2, 0.25) is 0 Å². The third kappa shape index (κ3) is 3.77. The minimum Gasteiger partial charge on any atom is -0.486 e. The standard InChI is InChI=1S/C19H20N2O5/c22-19(21-14-2-4-16-18(12-14)26-10-8-24-16)20-6-5-13-1-3-15-17(11-13)25-9-7-23-15/h1-4,11-12H,5-10H2,(H2,20,21,22). The number of urea groups is 1. The van der Waals surface area contributed by atoms with Crippen molar-refractivity contribution in [1.82, 2.24) is 5.32 Å². The summed E-state index contributed by atoms with van der Waals surface area (Å²) in [4.78, 5) is 12.1. The van der Waals surface area contributed by atoms with Crippen LogP contribution in [-0.2, 0) is 6.42 Å². The van der Waals surface area contributed by atoms with E-state index in [-0.39, 0.29) is 6.03 Å². The molecule has 0 bridgehead atoms. The van der Waals surface area contributed by atoms with E-state index < -0.39 is 0 Å². The van der Waals surface area contributed by atoms with E-state index in [1.54, 1.807) is 18.2 Å². The molecule has 2 aromatic carbocycles. The second-order valence-corrected chi connectivity index (χ2v) is 5.97. The van der Waals surface area contributed by atoms with Gasteiger partial charge in [-0.2, -0.15) is 0 Å². The fraction of sp³-hybridized carbons (Fsp3) is 0.316. The lowest BCUT2D eigenvalue weighted by Crippen LogP contribution is -2.30. The van der Waals surface area contributed by atoms with Gasteiger partial charge in [0, 0.05) is 18.3 Å². The Bertz CT molecular complexity index is 809. The number of carbonyl (C=O) groups is 1. The minimum atomic E-state index is -0.265. The van der Waals surface area contributed by atoms with Crippen LogP contribution in [0.2, 0.25) is 0 Å². The number of amides is 2. The first-order valence-corrected chi connectivity index (χ1v) is 8.61. The van der Waals surface area contributed by atoms with E-state index in [9.17, 15) is 4.79 Å². The molecular weight excluding hydrogens is 336 g/mol. The van der Waals surface area contributed by atoms with E-state index >= 15 is 0 Å². The number of hydrogen-bond acceptors (Lipinski definition) is 5.